The van der Waals surface area contributed by atoms with Crippen molar-refractivity contribution in [3.8, 4) is 0 Å². The summed E-state index contributed by atoms with van der Waals surface area (Å²) in [5.41, 5.74) is 1.12. The van der Waals surface area contributed by atoms with Crippen LogP contribution < -0.4 is 5.32 Å². The van der Waals surface area contributed by atoms with Crippen molar-refractivity contribution in [2.24, 2.45) is 0 Å². The second-order valence-electron chi connectivity index (χ2n) is 6.46. The molecule has 0 fully saturated rings. The molecule has 8 heteroatoms. The number of hydrogen-bond acceptors (Lipinski definition) is 6. The number of aromatic nitrogens is 2. The van der Waals surface area contributed by atoms with Crippen LogP contribution in [0, 0.1) is 0 Å². The summed E-state index contributed by atoms with van der Waals surface area (Å²) in [5.74, 6) is -0.529. The highest BCUT2D eigenvalue weighted by Gasteiger charge is 2.24. The van der Waals surface area contributed by atoms with E-state index < -0.39 is 12.0 Å². The van der Waals surface area contributed by atoms with Crippen molar-refractivity contribution in [2.45, 2.75) is 46.6 Å². The lowest BCUT2D eigenvalue weighted by atomic mass is 10.1. The Morgan fingerprint density at radius 2 is 1.89 bits per heavy atom. The number of nitrogens with one attached hydrogen (secondary N) is 1. The number of anilines is 1. The van der Waals surface area contributed by atoms with Crippen LogP contribution >= 0.6 is 11.6 Å². The summed E-state index contributed by atoms with van der Waals surface area (Å²) in [4.78, 5) is 35.6. The van der Waals surface area contributed by atoms with Crippen LogP contribution in [0.3, 0.4) is 0 Å². The molecule has 28 heavy (non-hydrogen) atoms. The maximum atomic E-state index is 12.9. The minimum Gasteiger partial charge on any atom is -0.462 e. The number of amides is 1. The third-order valence-corrected chi connectivity index (χ3v) is 4.43. The molecule has 0 aliphatic heterocycles. The molecule has 0 spiro atoms. The van der Waals surface area contributed by atoms with Crippen molar-refractivity contribution in [2.75, 3.05) is 25.0 Å². The molecule has 0 radical (unpaired) electrons. The van der Waals surface area contributed by atoms with Crippen LogP contribution in [0.2, 0.25) is 5.15 Å². The van der Waals surface area contributed by atoms with Gasteiger partial charge in [0.15, 0.2) is 5.65 Å². The van der Waals surface area contributed by atoms with Gasteiger partial charge in [0.1, 0.15) is 16.8 Å². The first-order chi connectivity index (χ1) is 13.4. The van der Waals surface area contributed by atoms with E-state index in [1.54, 1.807) is 26.0 Å². The van der Waals surface area contributed by atoms with Crippen molar-refractivity contribution in [3.63, 3.8) is 0 Å². The van der Waals surface area contributed by atoms with E-state index in [-0.39, 0.29) is 18.1 Å². The van der Waals surface area contributed by atoms with Crippen LogP contribution in [0.25, 0.3) is 11.0 Å². The van der Waals surface area contributed by atoms with Crippen LogP contribution in [0.15, 0.2) is 18.3 Å². The highest BCUT2D eigenvalue weighted by Crippen LogP contribution is 2.28. The molecule has 1 amide bonds. The molecule has 2 rings (SSSR count). The lowest BCUT2D eigenvalue weighted by molar-refractivity contribution is -0.131. The predicted molar refractivity (Wildman–Crippen MR) is 111 cm³/mol. The zero-order chi connectivity index (χ0) is 20.7. The fraction of sp³-hybridized carbons (Fsp3) is 0.500. The third kappa shape index (κ3) is 5.10. The van der Waals surface area contributed by atoms with Gasteiger partial charge >= 0.3 is 5.97 Å². The molecule has 0 saturated carbocycles. The largest absolute Gasteiger partial charge is 0.462 e. The number of halogens is 1. The lowest BCUT2D eigenvalue weighted by Gasteiger charge is -2.26. The molecule has 2 aromatic rings. The van der Waals surface area contributed by atoms with Gasteiger partial charge in [-0.3, -0.25) is 4.79 Å². The Hall–Kier alpha value is -2.41. The molecule has 1 N–H and O–H groups in total. The van der Waals surface area contributed by atoms with E-state index >= 15 is 0 Å². The lowest BCUT2D eigenvalue weighted by Crippen LogP contribution is -2.42. The number of fused-ring (bicyclic) bond motifs is 1. The van der Waals surface area contributed by atoms with Gasteiger partial charge in [-0.2, -0.15) is 0 Å². The molecule has 0 saturated heterocycles. The van der Waals surface area contributed by atoms with E-state index in [0.29, 0.717) is 35.0 Å². The molecule has 2 heterocycles. The smallest absolute Gasteiger partial charge is 0.341 e. The second kappa shape index (κ2) is 10.2. The standard InChI is InChI=1S/C20H27ClN4O3/c1-5-10-25(11-6-2)19(26)13(4)23-17-14-8-9-16(21)24-18(14)22-12-15(17)20(27)28-7-3/h8-9,12-13H,5-7,10-11H2,1-4H3,(H,22,23,24). The molecule has 2 aromatic heterocycles. The van der Waals surface area contributed by atoms with Crippen molar-refractivity contribution in [1.29, 1.82) is 0 Å². The zero-order valence-corrected chi connectivity index (χ0v) is 17.5. The molecule has 7 nitrogen and oxygen atoms in total. The SMILES string of the molecule is CCCN(CCC)C(=O)C(C)Nc1c(C(=O)OCC)cnc2nc(Cl)ccc12. The van der Waals surface area contributed by atoms with E-state index in [9.17, 15) is 9.59 Å². The molecule has 0 aliphatic carbocycles. The van der Waals surface area contributed by atoms with Gasteiger partial charge in [0.05, 0.1) is 12.3 Å². The first kappa shape index (κ1) is 21.9. The van der Waals surface area contributed by atoms with Gasteiger partial charge in [-0.1, -0.05) is 25.4 Å². The highest BCUT2D eigenvalue weighted by molar-refractivity contribution is 6.29. The van der Waals surface area contributed by atoms with E-state index in [4.69, 9.17) is 16.3 Å². The summed E-state index contributed by atoms with van der Waals surface area (Å²) in [5, 5.41) is 4.10. The highest BCUT2D eigenvalue weighted by atomic mass is 35.5. The topological polar surface area (TPSA) is 84.4 Å². The Kier molecular flexibility index (Phi) is 7.99. The Bertz CT molecular complexity index is 838. The van der Waals surface area contributed by atoms with Crippen LogP contribution in [0.4, 0.5) is 5.69 Å². The number of carbonyl (C=O) groups is 2. The van der Waals surface area contributed by atoms with Gasteiger partial charge in [-0.25, -0.2) is 14.8 Å². The summed E-state index contributed by atoms with van der Waals surface area (Å²) in [6.07, 6.45) is 3.17. The fourth-order valence-corrected chi connectivity index (χ4v) is 3.14. The summed E-state index contributed by atoms with van der Waals surface area (Å²) in [7, 11) is 0. The van der Waals surface area contributed by atoms with Crippen molar-refractivity contribution < 1.29 is 14.3 Å². The second-order valence-corrected chi connectivity index (χ2v) is 6.85. The number of ether oxygens (including phenoxy) is 1. The molecule has 0 aromatic carbocycles. The van der Waals surface area contributed by atoms with Crippen molar-refractivity contribution in [3.05, 3.63) is 29.0 Å². The van der Waals surface area contributed by atoms with Crippen LogP contribution in [-0.4, -0.2) is 52.5 Å². The van der Waals surface area contributed by atoms with Crippen molar-refractivity contribution in [1.82, 2.24) is 14.9 Å². The molecule has 152 valence electrons. The summed E-state index contributed by atoms with van der Waals surface area (Å²) in [6, 6.07) is 2.82. The zero-order valence-electron chi connectivity index (χ0n) is 16.8. The summed E-state index contributed by atoms with van der Waals surface area (Å²) in [6.45, 7) is 9.22. The summed E-state index contributed by atoms with van der Waals surface area (Å²) < 4.78 is 5.15. The Morgan fingerprint density at radius 3 is 2.50 bits per heavy atom. The molecule has 1 atom stereocenters. The summed E-state index contributed by atoms with van der Waals surface area (Å²) >= 11 is 5.97. The maximum absolute atomic E-state index is 12.9. The third-order valence-electron chi connectivity index (χ3n) is 4.22. The predicted octanol–water partition coefficient (Wildman–Crippen LogP) is 3.91. The normalized spacial score (nSPS) is 11.9. The van der Waals surface area contributed by atoms with Gasteiger partial charge in [-0.15, -0.1) is 0 Å². The average molecular weight is 407 g/mol. The van der Waals surface area contributed by atoms with Gasteiger partial charge in [0.2, 0.25) is 5.91 Å². The van der Waals surface area contributed by atoms with Crippen LogP contribution in [0.1, 0.15) is 50.9 Å². The Labute approximate surface area is 170 Å². The van der Waals surface area contributed by atoms with Gasteiger partial charge in [-0.05, 0) is 38.8 Å². The number of hydrogen-bond donors (Lipinski definition) is 1. The number of pyridine rings is 2. The molecular weight excluding hydrogens is 380 g/mol. The Balaban J connectivity index is 2.43. The monoisotopic (exact) mass is 406 g/mol. The van der Waals surface area contributed by atoms with E-state index in [1.807, 2.05) is 18.7 Å². The Morgan fingerprint density at radius 1 is 1.21 bits per heavy atom. The first-order valence-corrected chi connectivity index (χ1v) is 9.98. The van der Waals surface area contributed by atoms with E-state index in [2.05, 4.69) is 15.3 Å². The van der Waals surface area contributed by atoms with E-state index in [1.165, 1.54) is 6.20 Å². The van der Waals surface area contributed by atoms with Crippen LogP contribution in [0.5, 0.6) is 0 Å². The minimum atomic E-state index is -0.535. The fourth-order valence-electron chi connectivity index (χ4n) is 3.00. The minimum absolute atomic E-state index is 0.0228. The van der Waals surface area contributed by atoms with Gasteiger partial charge in [0.25, 0.3) is 0 Å². The number of nitrogens with zero attached hydrogens (tertiary/aromatic N) is 3. The molecule has 0 bridgehead atoms. The van der Waals surface area contributed by atoms with Crippen molar-refractivity contribution >= 4 is 40.2 Å². The quantitative estimate of drug-likeness (QED) is 0.502. The maximum Gasteiger partial charge on any atom is 0.341 e. The van der Waals surface area contributed by atoms with E-state index in [0.717, 1.165) is 12.8 Å². The molecule has 0 aliphatic rings. The van der Waals surface area contributed by atoms with Gasteiger partial charge in [0, 0.05) is 24.7 Å². The average Bonchev–Trinajstić information content (AvgIpc) is 2.67. The number of carbonyl (C=O) groups excluding carboxylic acids is 2. The molecular formula is C20H27ClN4O3. The first-order valence-electron chi connectivity index (χ1n) is 9.60. The number of esters is 1. The van der Waals surface area contributed by atoms with Crippen LogP contribution in [-0.2, 0) is 9.53 Å². The molecule has 1 unspecified atom stereocenters. The number of rotatable bonds is 9. The van der Waals surface area contributed by atoms with Gasteiger partial charge < -0.3 is 15.0 Å².